The number of carboxylic acid groups (broad SMARTS) is 1. The van der Waals surface area contributed by atoms with Crippen molar-refractivity contribution in [3.05, 3.63) is 23.8 Å². The molecule has 88 valence electrons. The molecule has 0 saturated carbocycles. The van der Waals surface area contributed by atoms with Crippen LogP contribution >= 0.6 is 0 Å². The second kappa shape index (κ2) is 5.37. The normalized spacial score (nSPS) is 11.9. The molecule has 5 heteroatoms. The van der Waals surface area contributed by atoms with Gasteiger partial charge in [-0.3, -0.25) is 0 Å². The van der Waals surface area contributed by atoms with Gasteiger partial charge < -0.3 is 20.3 Å². The SMILES string of the molecule is COc1cc(CN)cc(OC(C)C(=O)O)c1. The molecule has 0 aliphatic rings. The molecule has 0 fully saturated rings. The van der Waals surface area contributed by atoms with Crippen molar-refractivity contribution in [2.24, 2.45) is 5.73 Å². The van der Waals surface area contributed by atoms with E-state index in [-0.39, 0.29) is 0 Å². The summed E-state index contributed by atoms with van der Waals surface area (Å²) in [5.74, 6) is 0.0161. The maximum Gasteiger partial charge on any atom is 0.344 e. The van der Waals surface area contributed by atoms with Gasteiger partial charge in [0.1, 0.15) is 11.5 Å². The number of carbonyl (C=O) groups is 1. The summed E-state index contributed by atoms with van der Waals surface area (Å²) in [4.78, 5) is 10.6. The van der Waals surface area contributed by atoms with E-state index >= 15 is 0 Å². The lowest BCUT2D eigenvalue weighted by molar-refractivity contribution is -0.144. The number of hydrogen-bond donors (Lipinski definition) is 2. The van der Waals surface area contributed by atoms with Gasteiger partial charge in [0.15, 0.2) is 6.10 Å². The fourth-order valence-electron chi connectivity index (χ4n) is 1.19. The van der Waals surface area contributed by atoms with Gasteiger partial charge in [-0.2, -0.15) is 0 Å². The Morgan fingerprint density at radius 3 is 2.56 bits per heavy atom. The Bertz CT molecular complexity index is 356. The molecule has 1 unspecified atom stereocenters. The van der Waals surface area contributed by atoms with Crippen molar-refractivity contribution in [3.63, 3.8) is 0 Å². The molecule has 0 saturated heterocycles. The van der Waals surface area contributed by atoms with Crippen molar-refractivity contribution >= 4 is 5.97 Å². The Morgan fingerprint density at radius 1 is 1.44 bits per heavy atom. The maximum atomic E-state index is 10.6. The van der Waals surface area contributed by atoms with E-state index in [1.54, 1.807) is 18.2 Å². The molecule has 1 atom stereocenters. The quantitative estimate of drug-likeness (QED) is 0.781. The number of ether oxygens (including phenoxy) is 2. The molecule has 0 bridgehead atoms. The highest BCUT2D eigenvalue weighted by Gasteiger charge is 2.13. The Morgan fingerprint density at radius 2 is 2.06 bits per heavy atom. The first kappa shape index (κ1) is 12.3. The first-order valence-electron chi connectivity index (χ1n) is 4.84. The highest BCUT2D eigenvalue weighted by Crippen LogP contribution is 2.23. The fraction of sp³-hybridized carbons (Fsp3) is 0.364. The monoisotopic (exact) mass is 225 g/mol. The number of carboxylic acids is 1. The fourth-order valence-corrected chi connectivity index (χ4v) is 1.19. The number of nitrogens with two attached hydrogens (primary N) is 1. The summed E-state index contributed by atoms with van der Waals surface area (Å²) in [7, 11) is 1.53. The van der Waals surface area contributed by atoms with Crippen molar-refractivity contribution in [3.8, 4) is 11.5 Å². The van der Waals surface area contributed by atoms with E-state index in [1.807, 2.05) is 0 Å². The molecule has 0 amide bonds. The molecular weight excluding hydrogens is 210 g/mol. The van der Waals surface area contributed by atoms with Gasteiger partial charge in [-0.25, -0.2) is 4.79 Å². The second-order valence-electron chi connectivity index (χ2n) is 3.32. The third-order valence-electron chi connectivity index (χ3n) is 2.07. The topological polar surface area (TPSA) is 81.8 Å². The Labute approximate surface area is 93.8 Å². The number of aliphatic carboxylic acids is 1. The molecule has 0 aromatic heterocycles. The zero-order valence-corrected chi connectivity index (χ0v) is 9.27. The number of methoxy groups -OCH3 is 1. The summed E-state index contributed by atoms with van der Waals surface area (Å²) in [6.07, 6.45) is -0.905. The molecule has 0 spiro atoms. The van der Waals surface area contributed by atoms with Crippen molar-refractivity contribution in [2.75, 3.05) is 7.11 Å². The average Bonchev–Trinajstić information content (AvgIpc) is 2.28. The van der Waals surface area contributed by atoms with Crippen molar-refractivity contribution in [2.45, 2.75) is 19.6 Å². The van der Waals surface area contributed by atoms with Crippen molar-refractivity contribution in [1.82, 2.24) is 0 Å². The Hall–Kier alpha value is -1.75. The summed E-state index contributed by atoms with van der Waals surface area (Å²) < 4.78 is 10.3. The third-order valence-corrected chi connectivity index (χ3v) is 2.07. The molecule has 5 nitrogen and oxygen atoms in total. The minimum Gasteiger partial charge on any atom is -0.497 e. The van der Waals surface area contributed by atoms with E-state index < -0.39 is 12.1 Å². The van der Waals surface area contributed by atoms with Crippen LogP contribution in [0, 0.1) is 0 Å². The van der Waals surface area contributed by atoms with Gasteiger partial charge in [0.05, 0.1) is 7.11 Å². The summed E-state index contributed by atoms with van der Waals surface area (Å²) >= 11 is 0. The summed E-state index contributed by atoms with van der Waals surface area (Å²) in [6.45, 7) is 1.80. The lowest BCUT2D eigenvalue weighted by Crippen LogP contribution is -2.22. The maximum absolute atomic E-state index is 10.6. The molecule has 1 aromatic rings. The summed E-state index contributed by atoms with van der Waals surface area (Å²) in [5, 5.41) is 8.72. The smallest absolute Gasteiger partial charge is 0.344 e. The van der Waals surface area contributed by atoms with Crippen LogP contribution in [-0.4, -0.2) is 24.3 Å². The highest BCUT2D eigenvalue weighted by atomic mass is 16.5. The molecule has 1 aromatic carbocycles. The van der Waals surface area contributed by atoms with Gasteiger partial charge in [0.25, 0.3) is 0 Å². The minimum atomic E-state index is -1.02. The van der Waals surface area contributed by atoms with E-state index in [2.05, 4.69) is 0 Å². The van der Waals surface area contributed by atoms with E-state index in [4.69, 9.17) is 20.3 Å². The van der Waals surface area contributed by atoms with Crippen LogP contribution in [0.1, 0.15) is 12.5 Å². The van der Waals surface area contributed by atoms with Gasteiger partial charge in [0, 0.05) is 12.6 Å². The lowest BCUT2D eigenvalue weighted by Gasteiger charge is -2.12. The average molecular weight is 225 g/mol. The lowest BCUT2D eigenvalue weighted by atomic mass is 10.2. The molecule has 16 heavy (non-hydrogen) atoms. The number of benzene rings is 1. The van der Waals surface area contributed by atoms with Gasteiger partial charge in [0.2, 0.25) is 0 Å². The first-order valence-corrected chi connectivity index (χ1v) is 4.84. The first-order chi connectivity index (χ1) is 7.56. The zero-order valence-electron chi connectivity index (χ0n) is 9.27. The van der Waals surface area contributed by atoms with Gasteiger partial charge >= 0.3 is 5.97 Å². The van der Waals surface area contributed by atoms with Crippen molar-refractivity contribution in [1.29, 1.82) is 0 Å². The Kier molecular flexibility index (Phi) is 4.13. The van der Waals surface area contributed by atoms with Gasteiger partial charge in [-0.15, -0.1) is 0 Å². The molecule has 0 radical (unpaired) electrons. The molecule has 0 aliphatic heterocycles. The minimum absolute atomic E-state index is 0.342. The van der Waals surface area contributed by atoms with Crippen LogP contribution in [-0.2, 0) is 11.3 Å². The van der Waals surface area contributed by atoms with Gasteiger partial charge in [-0.1, -0.05) is 0 Å². The zero-order chi connectivity index (χ0) is 12.1. The molecule has 0 aliphatic carbocycles. The predicted molar refractivity (Wildman–Crippen MR) is 58.6 cm³/mol. The van der Waals surface area contributed by atoms with Crippen molar-refractivity contribution < 1.29 is 19.4 Å². The third kappa shape index (κ3) is 3.13. The van der Waals surface area contributed by atoms with Crippen LogP contribution in [0.2, 0.25) is 0 Å². The van der Waals surface area contributed by atoms with E-state index in [1.165, 1.54) is 14.0 Å². The van der Waals surface area contributed by atoms with Crippen LogP contribution in [0.3, 0.4) is 0 Å². The molecule has 3 N–H and O–H groups in total. The summed E-state index contributed by atoms with van der Waals surface area (Å²) in [5.41, 5.74) is 6.33. The van der Waals surface area contributed by atoms with E-state index in [0.717, 1.165) is 5.56 Å². The summed E-state index contributed by atoms with van der Waals surface area (Å²) in [6, 6.07) is 5.10. The number of hydrogen-bond acceptors (Lipinski definition) is 4. The highest BCUT2D eigenvalue weighted by molar-refractivity contribution is 5.72. The van der Waals surface area contributed by atoms with Crippen LogP contribution < -0.4 is 15.2 Å². The van der Waals surface area contributed by atoms with E-state index in [9.17, 15) is 4.79 Å². The van der Waals surface area contributed by atoms with E-state index in [0.29, 0.717) is 18.0 Å². The molecule has 1 rings (SSSR count). The molecular formula is C11H15NO4. The van der Waals surface area contributed by atoms with Crippen LogP contribution in [0.5, 0.6) is 11.5 Å². The standard InChI is InChI=1S/C11H15NO4/c1-7(11(13)14)16-10-4-8(6-12)3-9(5-10)15-2/h3-5,7H,6,12H2,1-2H3,(H,13,14). The largest absolute Gasteiger partial charge is 0.497 e. The van der Waals surface area contributed by atoms with Crippen LogP contribution in [0.4, 0.5) is 0 Å². The molecule has 0 heterocycles. The van der Waals surface area contributed by atoms with Crippen LogP contribution in [0.25, 0.3) is 0 Å². The number of rotatable bonds is 5. The predicted octanol–water partition coefficient (Wildman–Crippen LogP) is 1.01. The Balaban J connectivity index is 2.90. The second-order valence-corrected chi connectivity index (χ2v) is 3.32. The van der Waals surface area contributed by atoms with Gasteiger partial charge in [-0.05, 0) is 24.6 Å². The van der Waals surface area contributed by atoms with Crippen LogP contribution in [0.15, 0.2) is 18.2 Å².